The molecule has 0 atom stereocenters. The fraction of sp³-hybridized carbons (Fsp3) is 0.143. The second kappa shape index (κ2) is 5.71. The molecule has 0 fully saturated rings. The van der Waals surface area contributed by atoms with Crippen molar-refractivity contribution in [2.24, 2.45) is 0 Å². The van der Waals surface area contributed by atoms with Gasteiger partial charge in [0.2, 0.25) is 5.76 Å². The minimum absolute atomic E-state index is 0.0846. The average molecular weight is 279 g/mol. The highest BCUT2D eigenvalue weighted by atomic mass is 35.5. The summed E-state index contributed by atoms with van der Waals surface area (Å²) in [6, 6.07) is 9.52. The number of carbonyl (C=O) groups excluding carboxylic acids is 2. The van der Waals surface area contributed by atoms with Crippen LogP contribution in [0.15, 0.2) is 40.8 Å². The molecule has 0 aliphatic rings. The zero-order valence-corrected chi connectivity index (χ0v) is 10.9. The Labute approximate surface area is 114 Å². The van der Waals surface area contributed by atoms with Crippen LogP contribution in [0.25, 0.3) is 0 Å². The van der Waals surface area contributed by atoms with Crippen molar-refractivity contribution in [1.82, 2.24) is 0 Å². The third-order valence-corrected chi connectivity index (χ3v) is 2.69. The number of halogens is 1. The van der Waals surface area contributed by atoms with Crippen molar-refractivity contribution in [2.75, 3.05) is 6.61 Å². The van der Waals surface area contributed by atoms with Gasteiger partial charge in [-0.2, -0.15) is 0 Å². The molecule has 0 amide bonds. The molecule has 0 aliphatic carbocycles. The van der Waals surface area contributed by atoms with E-state index in [0.29, 0.717) is 16.3 Å². The number of benzene rings is 1. The molecule has 0 N–H and O–H groups in total. The highest BCUT2D eigenvalue weighted by Crippen LogP contribution is 2.11. The molecule has 1 heterocycles. The molecular weight excluding hydrogens is 268 g/mol. The van der Waals surface area contributed by atoms with Gasteiger partial charge in [0.15, 0.2) is 12.4 Å². The standard InChI is InChI=1S/C14H11ClO4/c1-9-2-7-13(19-9)14(17)18-8-12(16)10-3-5-11(15)6-4-10/h2-7H,8H2,1H3. The zero-order valence-electron chi connectivity index (χ0n) is 10.2. The molecule has 0 bridgehead atoms. The van der Waals surface area contributed by atoms with Crippen LogP contribution in [0, 0.1) is 6.92 Å². The van der Waals surface area contributed by atoms with E-state index in [1.165, 1.54) is 6.07 Å². The maximum atomic E-state index is 11.7. The summed E-state index contributed by atoms with van der Waals surface area (Å²) < 4.78 is 9.97. The van der Waals surface area contributed by atoms with E-state index < -0.39 is 5.97 Å². The first-order valence-corrected chi connectivity index (χ1v) is 5.96. The number of carbonyl (C=O) groups is 2. The van der Waals surface area contributed by atoms with Crippen LogP contribution in [0.1, 0.15) is 26.7 Å². The van der Waals surface area contributed by atoms with Gasteiger partial charge in [-0.15, -0.1) is 0 Å². The lowest BCUT2D eigenvalue weighted by atomic mass is 10.1. The number of esters is 1. The number of rotatable bonds is 4. The Morgan fingerprint density at radius 1 is 1.16 bits per heavy atom. The van der Waals surface area contributed by atoms with E-state index in [1.807, 2.05) is 0 Å². The highest BCUT2D eigenvalue weighted by Gasteiger charge is 2.14. The monoisotopic (exact) mass is 278 g/mol. The summed E-state index contributed by atoms with van der Waals surface area (Å²) in [7, 11) is 0. The number of aryl methyl sites for hydroxylation is 1. The molecule has 5 heteroatoms. The minimum Gasteiger partial charge on any atom is -0.454 e. The first-order chi connectivity index (χ1) is 9.06. The second-order valence-electron chi connectivity index (χ2n) is 3.92. The van der Waals surface area contributed by atoms with Crippen molar-refractivity contribution in [3.8, 4) is 0 Å². The van der Waals surface area contributed by atoms with Crippen molar-refractivity contribution in [2.45, 2.75) is 6.92 Å². The van der Waals surface area contributed by atoms with Gasteiger partial charge in [-0.3, -0.25) is 4.79 Å². The van der Waals surface area contributed by atoms with Crippen molar-refractivity contribution >= 4 is 23.4 Å². The van der Waals surface area contributed by atoms with Crippen LogP contribution in [0.3, 0.4) is 0 Å². The van der Waals surface area contributed by atoms with Gasteiger partial charge in [0.1, 0.15) is 5.76 Å². The van der Waals surface area contributed by atoms with Crippen LogP contribution in [0.5, 0.6) is 0 Å². The number of ether oxygens (including phenoxy) is 1. The van der Waals surface area contributed by atoms with Crippen molar-refractivity contribution in [1.29, 1.82) is 0 Å². The third kappa shape index (κ3) is 3.45. The Kier molecular flexibility index (Phi) is 4.02. The summed E-state index contributed by atoms with van der Waals surface area (Å²) in [5, 5.41) is 0.541. The lowest BCUT2D eigenvalue weighted by Crippen LogP contribution is -2.13. The molecule has 0 saturated carbocycles. The van der Waals surface area contributed by atoms with Crippen LogP contribution in [0.2, 0.25) is 5.02 Å². The van der Waals surface area contributed by atoms with Gasteiger partial charge in [0, 0.05) is 10.6 Å². The van der Waals surface area contributed by atoms with Gasteiger partial charge in [-0.05, 0) is 43.3 Å². The summed E-state index contributed by atoms with van der Waals surface area (Å²) in [6.07, 6.45) is 0. The topological polar surface area (TPSA) is 56.5 Å². The summed E-state index contributed by atoms with van der Waals surface area (Å²) in [6.45, 7) is 1.38. The molecule has 98 valence electrons. The SMILES string of the molecule is Cc1ccc(C(=O)OCC(=O)c2ccc(Cl)cc2)o1. The zero-order chi connectivity index (χ0) is 13.8. The highest BCUT2D eigenvalue weighted by molar-refractivity contribution is 6.30. The van der Waals surface area contributed by atoms with Crippen molar-refractivity contribution < 1.29 is 18.7 Å². The van der Waals surface area contributed by atoms with Gasteiger partial charge < -0.3 is 9.15 Å². The van der Waals surface area contributed by atoms with Crippen molar-refractivity contribution in [3.63, 3.8) is 0 Å². The number of Topliss-reactive ketones (excluding diaryl/α,β-unsaturated/α-hetero) is 1. The fourth-order valence-electron chi connectivity index (χ4n) is 1.47. The van der Waals surface area contributed by atoms with Gasteiger partial charge in [-0.25, -0.2) is 4.79 Å². The van der Waals surface area contributed by atoms with E-state index in [4.69, 9.17) is 20.8 Å². The average Bonchev–Trinajstić information content (AvgIpc) is 2.83. The lowest BCUT2D eigenvalue weighted by molar-refractivity contribution is 0.0443. The molecular formula is C14H11ClO4. The summed E-state index contributed by atoms with van der Waals surface area (Å²) >= 11 is 5.72. The van der Waals surface area contributed by atoms with Gasteiger partial charge in [0.05, 0.1) is 0 Å². The van der Waals surface area contributed by atoms with Crippen LogP contribution in [-0.4, -0.2) is 18.4 Å². The molecule has 0 saturated heterocycles. The minimum atomic E-state index is -0.657. The van der Waals surface area contributed by atoms with E-state index in [-0.39, 0.29) is 18.2 Å². The van der Waals surface area contributed by atoms with Gasteiger partial charge >= 0.3 is 5.97 Å². The maximum Gasteiger partial charge on any atom is 0.374 e. The lowest BCUT2D eigenvalue weighted by Gasteiger charge is -2.02. The maximum absolute atomic E-state index is 11.7. The summed E-state index contributed by atoms with van der Waals surface area (Å²) in [5.74, 6) is -0.263. The smallest absolute Gasteiger partial charge is 0.374 e. The largest absolute Gasteiger partial charge is 0.454 e. The van der Waals surface area contributed by atoms with Crippen LogP contribution < -0.4 is 0 Å². The molecule has 2 aromatic rings. The van der Waals surface area contributed by atoms with Gasteiger partial charge in [0.25, 0.3) is 0 Å². The molecule has 1 aromatic heterocycles. The molecule has 0 spiro atoms. The second-order valence-corrected chi connectivity index (χ2v) is 4.35. The normalized spacial score (nSPS) is 10.2. The Morgan fingerprint density at radius 3 is 2.42 bits per heavy atom. The van der Waals surface area contributed by atoms with E-state index in [2.05, 4.69) is 0 Å². The van der Waals surface area contributed by atoms with E-state index in [1.54, 1.807) is 37.3 Å². The molecule has 4 nitrogen and oxygen atoms in total. The quantitative estimate of drug-likeness (QED) is 0.636. The Balaban J connectivity index is 1.93. The molecule has 0 radical (unpaired) electrons. The molecule has 0 unspecified atom stereocenters. The fourth-order valence-corrected chi connectivity index (χ4v) is 1.59. The van der Waals surface area contributed by atoms with Crippen LogP contribution in [0.4, 0.5) is 0 Å². The number of furan rings is 1. The molecule has 0 aliphatic heterocycles. The number of hydrogen-bond acceptors (Lipinski definition) is 4. The van der Waals surface area contributed by atoms with E-state index in [0.717, 1.165) is 0 Å². The van der Waals surface area contributed by atoms with E-state index in [9.17, 15) is 9.59 Å². The first-order valence-electron chi connectivity index (χ1n) is 5.58. The predicted molar refractivity (Wildman–Crippen MR) is 69.5 cm³/mol. The van der Waals surface area contributed by atoms with E-state index >= 15 is 0 Å². The van der Waals surface area contributed by atoms with Crippen molar-refractivity contribution in [3.05, 3.63) is 58.5 Å². The summed E-state index contributed by atoms with van der Waals surface area (Å²) in [4.78, 5) is 23.3. The predicted octanol–water partition coefficient (Wildman–Crippen LogP) is 3.28. The Morgan fingerprint density at radius 2 is 1.84 bits per heavy atom. The third-order valence-electron chi connectivity index (χ3n) is 2.44. The summed E-state index contributed by atoms with van der Waals surface area (Å²) in [5.41, 5.74) is 0.438. The number of hydrogen-bond donors (Lipinski definition) is 0. The van der Waals surface area contributed by atoms with Gasteiger partial charge in [-0.1, -0.05) is 11.6 Å². The van der Waals surface area contributed by atoms with Crippen LogP contribution >= 0.6 is 11.6 Å². The Hall–Kier alpha value is -2.07. The molecule has 19 heavy (non-hydrogen) atoms. The Bertz CT molecular complexity index is 598. The van der Waals surface area contributed by atoms with Crippen LogP contribution in [-0.2, 0) is 4.74 Å². The number of ketones is 1. The molecule has 1 aromatic carbocycles. The molecule has 2 rings (SSSR count). The first kappa shape index (κ1) is 13.4.